The van der Waals surface area contributed by atoms with Crippen molar-refractivity contribution < 1.29 is 9.32 Å². The van der Waals surface area contributed by atoms with Crippen molar-refractivity contribution in [3.63, 3.8) is 0 Å². The van der Waals surface area contributed by atoms with Gasteiger partial charge in [0.25, 0.3) is 0 Å². The molecule has 1 aromatic carbocycles. The Hall–Kier alpha value is -2.10. The molecule has 0 atom stereocenters. The number of carbonyl (C=O) groups is 1. The Morgan fingerprint density at radius 3 is 2.62 bits per heavy atom. The summed E-state index contributed by atoms with van der Waals surface area (Å²) in [5.41, 5.74) is 3.06. The molecular formula is C22H30N2O2. The fraction of sp³-hybridized carbons (Fsp3) is 0.545. The number of nitrogens with zero attached hydrogens (tertiary/aromatic N) is 1. The fourth-order valence-electron chi connectivity index (χ4n) is 3.78. The van der Waals surface area contributed by atoms with E-state index in [2.05, 4.69) is 36.5 Å². The van der Waals surface area contributed by atoms with E-state index < -0.39 is 0 Å². The average Bonchev–Trinajstić information content (AvgIpc) is 3.14. The molecule has 0 bridgehead atoms. The van der Waals surface area contributed by atoms with Crippen LogP contribution >= 0.6 is 0 Å². The van der Waals surface area contributed by atoms with Crippen LogP contribution in [-0.2, 0) is 11.3 Å². The first-order chi connectivity index (χ1) is 12.7. The third-order valence-electron chi connectivity index (χ3n) is 5.53. The number of nitrogens with one attached hydrogen (secondary N) is 1. The zero-order valence-corrected chi connectivity index (χ0v) is 16.0. The van der Waals surface area contributed by atoms with Gasteiger partial charge in [0.15, 0.2) is 5.76 Å². The summed E-state index contributed by atoms with van der Waals surface area (Å²) in [4.78, 5) is 12.4. The maximum absolute atomic E-state index is 12.4. The summed E-state index contributed by atoms with van der Waals surface area (Å²) in [5.74, 6) is 1.84. The largest absolute Gasteiger partial charge is 0.359 e. The van der Waals surface area contributed by atoms with E-state index in [4.69, 9.17) is 4.52 Å². The number of aryl methyl sites for hydroxylation is 1. The van der Waals surface area contributed by atoms with Gasteiger partial charge in [-0.1, -0.05) is 61.2 Å². The highest BCUT2D eigenvalue weighted by atomic mass is 16.5. The van der Waals surface area contributed by atoms with Gasteiger partial charge in [-0.3, -0.25) is 4.79 Å². The first-order valence-electron chi connectivity index (χ1n) is 9.96. The zero-order chi connectivity index (χ0) is 18.4. The number of carbonyl (C=O) groups excluding carboxylic acids is 1. The van der Waals surface area contributed by atoms with Crippen molar-refractivity contribution in [1.82, 2.24) is 10.5 Å². The van der Waals surface area contributed by atoms with Gasteiger partial charge in [-0.25, -0.2) is 0 Å². The smallest absolute Gasteiger partial charge is 0.223 e. The molecule has 0 saturated heterocycles. The van der Waals surface area contributed by atoms with Crippen LogP contribution in [0.2, 0.25) is 0 Å². The molecular weight excluding hydrogens is 324 g/mol. The summed E-state index contributed by atoms with van der Waals surface area (Å²) in [6.45, 7) is 4.71. The Balaban J connectivity index is 1.46. The first kappa shape index (κ1) is 18.7. The second-order valence-corrected chi connectivity index (χ2v) is 7.62. The molecule has 1 amide bonds. The van der Waals surface area contributed by atoms with Crippen molar-refractivity contribution in [3.05, 3.63) is 41.7 Å². The number of aromatic nitrogens is 1. The lowest BCUT2D eigenvalue weighted by molar-refractivity contribution is -0.126. The van der Waals surface area contributed by atoms with Gasteiger partial charge >= 0.3 is 0 Å². The van der Waals surface area contributed by atoms with E-state index in [0.29, 0.717) is 12.3 Å². The van der Waals surface area contributed by atoms with Crippen LogP contribution in [0.15, 0.2) is 34.9 Å². The highest BCUT2D eigenvalue weighted by molar-refractivity contribution is 5.78. The summed E-state index contributed by atoms with van der Waals surface area (Å²) in [5, 5.41) is 7.15. The van der Waals surface area contributed by atoms with Crippen molar-refractivity contribution in [2.24, 2.45) is 11.8 Å². The first-order valence-corrected chi connectivity index (χ1v) is 9.96. The van der Waals surface area contributed by atoms with Crippen LogP contribution in [0.25, 0.3) is 11.3 Å². The van der Waals surface area contributed by atoms with Gasteiger partial charge in [-0.05, 0) is 38.5 Å². The molecule has 26 heavy (non-hydrogen) atoms. The molecule has 4 nitrogen and oxygen atoms in total. The van der Waals surface area contributed by atoms with E-state index in [1.807, 2.05) is 18.2 Å². The number of unbranched alkanes of at least 4 members (excludes halogenated alkanes) is 1. The molecule has 1 heterocycles. The molecule has 4 heteroatoms. The van der Waals surface area contributed by atoms with Crippen molar-refractivity contribution in [2.75, 3.05) is 0 Å². The fourth-order valence-corrected chi connectivity index (χ4v) is 3.78. The number of benzene rings is 1. The zero-order valence-electron chi connectivity index (χ0n) is 16.0. The maximum atomic E-state index is 12.4. The monoisotopic (exact) mass is 354 g/mol. The van der Waals surface area contributed by atoms with Crippen LogP contribution in [-0.4, -0.2) is 11.1 Å². The Kier molecular flexibility index (Phi) is 6.48. The second kappa shape index (κ2) is 9.02. The number of hydrogen-bond acceptors (Lipinski definition) is 3. The van der Waals surface area contributed by atoms with Crippen molar-refractivity contribution in [3.8, 4) is 11.3 Å². The molecule has 1 N–H and O–H groups in total. The minimum Gasteiger partial charge on any atom is -0.359 e. The molecule has 0 aliphatic heterocycles. The summed E-state index contributed by atoms with van der Waals surface area (Å²) < 4.78 is 5.38. The number of amides is 1. The molecule has 1 aromatic heterocycles. The molecule has 0 unspecified atom stereocenters. The third-order valence-corrected chi connectivity index (χ3v) is 5.53. The number of rotatable bonds is 7. The summed E-state index contributed by atoms with van der Waals surface area (Å²) in [6, 6.07) is 10.1. The van der Waals surface area contributed by atoms with Gasteiger partial charge in [0.05, 0.1) is 6.54 Å². The minimum absolute atomic E-state index is 0.159. The van der Waals surface area contributed by atoms with Gasteiger partial charge in [-0.2, -0.15) is 0 Å². The van der Waals surface area contributed by atoms with Gasteiger partial charge < -0.3 is 9.84 Å². The lowest BCUT2D eigenvalue weighted by atomic mass is 9.79. The van der Waals surface area contributed by atoms with Crippen LogP contribution in [0.5, 0.6) is 0 Å². The summed E-state index contributed by atoms with van der Waals surface area (Å²) in [6.07, 6.45) is 8.33. The molecule has 1 aliphatic rings. The topological polar surface area (TPSA) is 55.1 Å². The van der Waals surface area contributed by atoms with E-state index in [1.165, 1.54) is 37.7 Å². The van der Waals surface area contributed by atoms with Gasteiger partial charge in [0.1, 0.15) is 5.69 Å². The predicted molar refractivity (Wildman–Crippen MR) is 103 cm³/mol. The molecule has 1 fully saturated rings. The highest BCUT2D eigenvalue weighted by Crippen LogP contribution is 2.32. The van der Waals surface area contributed by atoms with Gasteiger partial charge in [-0.15, -0.1) is 0 Å². The van der Waals surface area contributed by atoms with Gasteiger partial charge in [0, 0.05) is 17.5 Å². The molecule has 0 spiro atoms. The quantitative estimate of drug-likeness (QED) is 0.737. The molecule has 3 rings (SSSR count). The van der Waals surface area contributed by atoms with E-state index in [9.17, 15) is 4.79 Å². The molecule has 0 radical (unpaired) electrons. The molecule has 1 saturated carbocycles. The summed E-state index contributed by atoms with van der Waals surface area (Å²) >= 11 is 0. The van der Waals surface area contributed by atoms with Crippen LogP contribution in [0.1, 0.15) is 63.2 Å². The SMILES string of the molecule is CCCCC1CCC(C(=O)NCc2cc(-c3ccc(C)cc3)no2)CC1. The lowest BCUT2D eigenvalue weighted by Gasteiger charge is -2.27. The maximum Gasteiger partial charge on any atom is 0.223 e. The lowest BCUT2D eigenvalue weighted by Crippen LogP contribution is -2.32. The normalized spacial score (nSPS) is 20.1. The van der Waals surface area contributed by atoms with Crippen LogP contribution in [0, 0.1) is 18.8 Å². The Labute approximate surface area is 156 Å². The summed E-state index contributed by atoms with van der Waals surface area (Å²) in [7, 11) is 0. The Morgan fingerprint density at radius 1 is 1.19 bits per heavy atom. The Bertz CT molecular complexity index is 697. The van der Waals surface area contributed by atoms with Crippen LogP contribution in [0.3, 0.4) is 0 Å². The van der Waals surface area contributed by atoms with E-state index >= 15 is 0 Å². The second-order valence-electron chi connectivity index (χ2n) is 7.62. The average molecular weight is 354 g/mol. The van der Waals surface area contributed by atoms with Crippen LogP contribution < -0.4 is 5.32 Å². The third kappa shape index (κ3) is 4.96. The van der Waals surface area contributed by atoms with E-state index in [-0.39, 0.29) is 11.8 Å². The van der Waals surface area contributed by atoms with Crippen LogP contribution in [0.4, 0.5) is 0 Å². The minimum atomic E-state index is 0.159. The molecule has 2 aromatic rings. The van der Waals surface area contributed by atoms with E-state index in [1.54, 1.807) is 0 Å². The van der Waals surface area contributed by atoms with Crippen molar-refractivity contribution >= 4 is 5.91 Å². The van der Waals surface area contributed by atoms with Crippen molar-refractivity contribution in [1.29, 1.82) is 0 Å². The Morgan fingerprint density at radius 2 is 1.92 bits per heavy atom. The molecule has 140 valence electrons. The van der Waals surface area contributed by atoms with Gasteiger partial charge in [0.2, 0.25) is 5.91 Å². The van der Waals surface area contributed by atoms with Crippen molar-refractivity contribution in [2.45, 2.75) is 65.3 Å². The van der Waals surface area contributed by atoms with E-state index in [0.717, 1.165) is 30.0 Å². The standard InChI is InChI=1S/C22H30N2O2/c1-3-4-5-17-8-12-19(13-9-17)22(25)23-15-20-14-21(24-26-20)18-10-6-16(2)7-11-18/h6-7,10-11,14,17,19H,3-5,8-9,12-13,15H2,1-2H3,(H,23,25). The highest BCUT2D eigenvalue weighted by Gasteiger charge is 2.26. The molecule has 1 aliphatic carbocycles. The predicted octanol–water partition coefficient (Wildman–Crippen LogP) is 5.26. The number of hydrogen-bond donors (Lipinski definition) is 1.